The maximum absolute atomic E-state index is 12.3. The summed E-state index contributed by atoms with van der Waals surface area (Å²) in [6.45, 7) is 3.86. The summed E-state index contributed by atoms with van der Waals surface area (Å²) in [6.07, 6.45) is 1.32. The number of ether oxygens (including phenoxy) is 1. The van der Waals surface area contributed by atoms with E-state index in [1.165, 1.54) is 0 Å². The van der Waals surface area contributed by atoms with Crippen LogP contribution in [-0.4, -0.2) is 24.5 Å². The van der Waals surface area contributed by atoms with E-state index in [-0.39, 0.29) is 30.9 Å². The van der Waals surface area contributed by atoms with Gasteiger partial charge in [-0.25, -0.2) is 0 Å². The molecule has 2 N–H and O–H groups in total. The van der Waals surface area contributed by atoms with Crippen molar-refractivity contribution >= 4 is 46.5 Å². The Labute approximate surface area is 175 Å². The third-order valence-electron chi connectivity index (χ3n) is 3.95. The molecule has 2 rings (SSSR count). The van der Waals surface area contributed by atoms with Gasteiger partial charge in [0.15, 0.2) is 0 Å². The number of nitrogens with one attached hydrogen (secondary N) is 2. The summed E-state index contributed by atoms with van der Waals surface area (Å²) in [7, 11) is 0. The fourth-order valence-corrected chi connectivity index (χ4v) is 3.08. The van der Waals surface area contributed by atoms with Crippen LogP contribution in [-0.2, 0) is 20.7 Å². The lowest BCUT2D eigenvalue weighted by Gasteiger charge is -2.16. The summed E-state index contributed by atoms with van der Waals surface area (Å²) in [5.41, 5.74) is 2.06. The van der Waals surface area contributed by atoms with Gasteiger partial charge in [-0.2, -0.15) is 0 Å². The van der Waals surface area contributed by atoms with Gasteiger partial charge in [0.2, 0.25) is 5.91 Å². The molecule has 5 nitrogen and oxygen atoms in total. The Morgan fingerprint density at radius 3 is 2.43 bits per heavy atom. The summed E-state index contributed by atoms with van der Waals surface area (Å²) in [5.74, 6) is -0.423. The Morgan fingerprint density at radius 2 is 1.75 bits per heavy atom. The van der Waals surface area contributed by atoms with E-state index in [9.17, 15) is 9.59 Å². The van der Waals surface area contributed by atoms with Crippen molar-refractivity contribution in [3.05, 3.63) is 58.1 Å². The molecule has 1 amide bonds. The van der Waals surface area contributed by atoms with Crippen LogP contribution in [0.4, 0.5) is 11.4 Å². The molecule has 0 radical (unpaired) electrons. The molecule has 0 aliphatic rings. The summed E-state index contributed by atoms with van der Waals surface area (Å²) in [6, 6.07) is 12.4. The largest absolute Gasteiger partial charge is 0.463 e. The van der Waals surface area contributed by atoms with Crippen molar-refractivity contribution in [1.82, 2.24) is 5.32 Å². The Hall–Kier alpha value is -2.24. The molecule has 0 heterocycles. The number of benzene rings is 2. The number of para-hydroxylation sites is 2. The number of carbonyl (C=O) groups excluding carboxylic acids is 2. The van der Waals surface area contributed by atoms with Crippen LogP contribution in [0.5, 0.6) is 0 Å². The molecule has 0 aromatic heterocycles. The van der Waals surface area contributed by atoms with E-state index in [1.807, 2.05) is 31.2 Å². The zero-order valence-corrected chi connectivity index (χ0v) is 17.4. The highest BCUT2D eigenvalue weighted by Crippen LogP contribution is 2.33. The molecule has 2 aromatic carbocycles. The zero-order chi connectivity index (χ0) is 20.5. The number of hydrogen-bond donors (Lipinski definition) is 2. The lowest BCUT2D eigenvalue weighted by molar-refractivity contribution is -0.144. The number of hydrogen-bond acceptors (Lipinski definition) is 4. The van der Waals surface area contributed by atoms with Crippen molar-refractivity contribution in [2.24, 2.45) is 0 Å². The molecule has 7 heteroatoms. The first-order chi connectivity index (χ1) is 13.4. The second-order valence-electron chi connectivity index (χ2n) is 6.46. The third-order valence-corrected chi connectivity index (χ3v) is 4.58. The Balaban J connectivity index is 1.97. The maximum atomic E-state index is 12.3. The minimum Gasteiger partial charge on any atom is -0.463 e. The predicted octanol–water partition coefficient (Wildman–Crippen LogP) is 5.13. The summed E-state index contributed by atoms with van der Waals surface area (Å²) in [4.78, 5) is 23.8. The first-order valence-corrected chi connectivity index (χ1v) is 9.90. The van der Waals surface area contributed by atoms with Crippen LogP contribution in [0, 0.1) is 0 Å². The van der Waals surface area contributed by atoms with Gasteiger partial charge in [0.05, 0.1) is 28.2 Å². The summed E-state index contributed by atoms with van der Waals surface area (Å²) < 4.78 is 5.31. The molecule has 28 heavy (non-hydrogen) atoms. The van der Waals surface area contributed by atoms with Crippen LogP contribution in [0.3, 0.4) is 0 Å². The maximum Gasteiger partial charge on any atom is 0.310 e. The monoisotopic (exact) mass is 422 g/mol. The minimum atomic E-state index is -0.379. The van der Waals surface area contributed by atoms with Crippen LogP contribution in [0.25, 0.3) is 0 Å². The van der Waals surface area contributed by atoms with E-state index in [1.54, 1.807) is 25.1 Å². The Morgan fingerprint density at radius 1 is 1.07 bits per heavy atom. The quantitative estimate of drug-likeness (QED) is 0.549. The average molecular weight is 423 g/mol. The van der Waals surface area contributed by atoms with Crippen molar-refractivity contribution < 1.29 is 14.3 Å². The predicted molar refractivity (Wildman–Crippen MR) is 113 cm³/mol. The van der Waals surface area contributed by atoms with Crippen LogP contribution in [0.2, 0.25) is 10.0 Å². The van der Waals surface area contributed by atoms with Crippen molar-refractivity contribution in [3.63, 3.8) is 0 Å². The summed E-state index contributed by atoms with van der Waals surface area (Å²) >= 11 is 12.4. The Bertz CT molecular complexity index is 807. The second kappa shape index (κ2) is 10.9. The molecule has 1 unspecified atom stereocenters. The van der Waals surface area contributed by atoms with E-state index < -0.39 is 0 Å². The summed E-state index contributed by atoms with van der Waals surface area (Å²) in [5, 5.41) is 6.96. The second-order valence-corrected chi connectivity index (χ2v) is 7.27. The first-order valence-electron chi connectivity index (χ1n) is 9.14. The zero-order valence-electron chi connectivity index (χ0n) is 15.9. The molecule has 0 spiro atoms. The topological polar surface area (TPSA) is 67.4 Å². The van der Waals surface area contributed by atoms with Crippen molar-refractivity contribution in [2.45, 2.75) is 39.2 Å². The molecule has 0 saturated carbocycles. The van der Waals surface area contributed by atoms with E-state index >= 15 is 0 Å². The van der Waals surface area contributed by atoms with Gasteiger partial charge in [0.1, 0.15) is 6.61 Å². The minimum absolute atomic E-state index is 0.0442. The van der Waals surface area contributed by atoms with Crippen LogP contribution < -0.4 is 10.6 Å². The average Bonchev–Trinajstić information content (AvgIpc) is 2.64. The SMILES string of the molecule is CCCC(=O)NC(C)COC(=O)Cc1ccccc1Nc1c(Cl)cccc1Cl. The fraction of sp³-hybridized carbons (Fsp3) is 0.333. The van der Waals surface area contributed by atoms with Crippen LogP contribution in [0.15, 0.2) is 42.5 Å². The molecule has 1 atom stereocenters. The highest BCUT2D eigenvalue weighted by Gasteiger charge is 2.14. The van der Waals surface area contributed by atoms with Gasteiger partial charge in [-0.3, -0.25) is 9.59 Å². The first kappa shape index (κ1) is 22.1. The van der Waals surface area contributed by atoms with Gasteiger partial charge in [-0.1, -0.05) is 54.4 Å². The Kier molecular flexibility index (Phi) is 8.61. The number of anilines is 2. The fourth-order valence-electron chi connectivity index (χ4n) is 2.59. The molecule has 0 bridgehead atoms. The van der Waals surface area contributed by atoms with E-state index in [0.29, 0.717) is 22.2 Å². The number of rotatable bonds is 9. The lowest BCUT2D eigenvalue weighted by atomic mass is 10.1. The molecular formula is C21H24Cl2N2O3. The van der Waals surface area contributed by atoms with Gasteiger partial charge < -0.3 is 15.4 Å². The molecular weight excluding hydrogens is 399 g/mol. The lowest BCUT2D eigenvalue weighted by Crippen LogP contribution is -2.36. The number of halogens is 2. The van der Waals surface area contributed by atoms with Gasteiger partial charge in [-0.15, -0.1) is 0 Å². The van der Waals surface area contributed by atoms with Gasteiger partial charge in [0, 0.05) is 12.1 Å². The third kappa shape index (κ3) is 6.73. The molecule has 2 aromatic rings. The van der Waals surface area contributed by atoms with E-state index in [4.69, 9.17) is 27.9 Å². The van der Waals surface area contributed by atoms with Crippen molar-refractivity contribution in [2.75, 3.05) is 11.9 Å². The van der Waals surface area contributed by atoms with Crippen molar-refractivity contribution in [1.29, 1.82) is 0 Å². The number of esters is 1. The molecule has 150 valence electrons. The molecule has 0 saturated heterocycles. The van der Waals surface area contributed by atoms with Crippen LogP contribution >= 0.6 is 23.2 Å². The number of carbonyl (C=O) groups is 2. The molecule has 0 fully saturated rings. The van der Waals surface area contributed by atoms with Crippen LogP contribution in [0.1, 0.15) is 32.3 Å². The molecule has 0 aliphatic heterocycles. The van der Waals surface area contributed by atoms with E-state index in [2.05, 4.69) is 10.6 Å². The smallest absolute Gasteiger partial charge is 0.310 e. The normalized spacial score (nSPS) is 11.6. The van der Waals surface area contributed by atoms with Gasteiger partial charge in [0.25, 0.3) is 0 Å². The number of amides is 1. The van der Waals surface area contributed by atoms with Gasteiger partial charge >= 0.3 is 5.97 Å². The van der Waals surface area contributed by atoms with E-state index in [0.717, 1.165) is 17.7 Å². The highest BCUT2D eigenvalue weighted by molar-refractivity contribution is 6.39. The van der Waals surface area contributed by atoms with Crippen molar-refractivity contribution in [3.8, 4) is 0 Å². The highest BCUT2D eigenvalue weighted by atomic mass is 35.5. The molecule has 0 aliphatic carbocycles. The van der Waals surface area contributed by atoms with Gasteiger partial charge in [-0.05, 0) is 37.1 Å². The standard InChI is InChI=1S/C21H24Cl2N2O3/c1-3-7-19(26)24-14(2)13-28-20(27)12-15-8-4-5-11-18(15)25-21-16(22)9-6-10-17(21)23/h4-6,8-11,14,25H,3,7,12-13H2,1-2H3,(H,24,26).